The standard InChI is InChI=1S/C27H45N3O3Si/c1-25(2,3)23-17-30(19-28-23)22-14-12-20(13-15-22)16-21(29-24(31)33-26(4,5)6)18-32-34(10,11)27(7,8)9/h12-15,17,19,21H,16,18H2,1-11H3,(H,29,31)/t21-/m0/s1. The van der Waals surface area contributed by atoms with Gasteiger partial charge in [0, 0.05) is 17.3 Å². The lowest BCUT2D eigenvalue weighted by atomic mass is 9.93. The summed E-state index contributed by atoms with van der Waals surface area (Å²) in [4.78, 5) is 17.1. The van der Waals surface area contributed by atoms with Crippen LogP contribution < -0.4 is 5.32 Å². The number of alkyl carbamates (subject to hydrolysis) is 1. The van der Waals surface area contributed by atoms with Gasteiger partial charge < -0.3 is 19.0 Å². The minimum Gasteiger partial charge on any atom is -0.444 e. The van der Waals surface area contributed by atoms with E-state index < -0.39 is 20.0 Å². The molecule has 1 N–H and O–H groups in total. The molecule has 7 heteroatoms. The first-order valence-electron chi connectivity index (χ1n) is 12.1. The molecule has 1 aromatic heterocycles. The molecule has 0 unspecified atom stereocenters. The Morgan fingerprint density at radius 2 is 1.62 bits per heavy atom. The van der Waals surface area contributed by atoms with Gasteiger partial charge in [-0.15, -0.1) is 0 Å². The van der Waals surface area contributed by atoms with Crippen molar-refractivity contribution in [3.63, 3.8) is 0 Å². The Kier molecular flexibility index (Phi) is 8.47. The van der Waals surface area contributed by atoms with Crippen LogP contribution in [0.15, 0.2) is 36.8 Å². The van der Waals surface area contributed by atoms with Gasteiger partial charge in [-0.3, -0.25) is 0 Å². The lowest BCUT2D eigenvalue weighted by molar-refractivity contribution is 0.0485. The number of benzene rings is 1. The normalized spacial score (nSPS) is 14.1. The summed E-state index contributed by atoms with van der Waals surface area (Å²) in [6.45, 7) is 23.6. The predicted molar refractivity (Wildman–Crippen MR) is 142 cm³/mol. The Balaban J connectivity index is 2.15. The molecule has 2 aromatic rings. The summed E-state index contributed by atoms with van der Waals surface area (Å²) < 4.78 is 14.0. The van der Waals surface area contributed by atoms with Gasteiger partial charge in [0.2, 0.25) is 0 Å². The molecule has 0 saturated heterocycles. The van der Waals surface area contributed by atoms with Crippen molar-refractivity contribution in [3.8, 4) is 5.69 Å². The second kappa shape index (κ2) is 10.2. The van der Waals surface area contributed by atoms with E-state index in [1.807, 2.05) is 31.7 Å². The average Bonchev–Trinajstić information content (AvgIpc) is 3.15. The highest BCUT2D eigenvalue weighted by Gasteiger charge is 2.37. The fourth-order valence-electron chi connectivity index (χ4n) is 3.09. The number of carbonyl (C=O) groups is 1. The number of nitrogens with one attached hydrogen (secondary N) is 1. The van der Waals surface area contributed by atoms with E-state index in [9.17, 15) is 4.79 Å². The summed E-state index contributed by atoms with van der Waals surface area (Å²) in [6, 6.07) is 8.19. The van der Waals surface area contributed by atoms with Crippen molar-refractivity contribution >= 4 is 14.4 Å². The Morgan fingerprint density at radius 3 is 2.09 bits per heavy atom. The maximum atomic E-state index is 12.5. The van der Waals surface area contributed by atoms with Gasteiger partial charge in [0.15, 0.2) is 8.32 Å². The third-order valence-corrected chi connectivity index (χ3v) is 10.7. The van der Waals surface area contributed by atoms with Gasteiger partial charge in [0.05, 0.1) is 24.7 Å². The Morgan fingerprint density at radius 1 is 1.03 bits per heavy atom. The summed E-state index contributed by atoms with van der Waals surface area (Å²) >= 11 is 0. The van der Waals surface area contributed by atoms with Crippen molar-refractivity contribution in [2.75, 3.05) is 6.61 Å². The number of imidazole rings is 1. The van der Waals surface area contributed by atoms with Crippen molar-refractivity contribution in [1.29, 1.82) is 0 Å². The van der Waals surface area contributed by atoms with Crippen LogP contribution in [-0.4, -0.2) is 42.2 Å². The zero-order chi connectivity index (χ0) is 25.9. The lowest BCUT2D eigenvalue weighted by Gasteiger charge is -2.37. The molecule has 1 aromatic carbocycles. The van der Waals surface area contributed by atoms with Crippen molar-refractivity contribution in [3.05, 3.63) is 48.0 Å². The molecule has 0 aliphatic rings. The number of hydrogen-bond acceptors (Lipinski definition) is 4. The summed E-state index contributed by atoms with van der Waals surface area (Å²) in [5.74, 6) is 0. The van der Waals surface area contributed by atoms with Crippen molar-refractivity contribution in [2.24, 2.45) is 0 Å². The molecule has 1 amide bonds. The number of hydrogen-bond donors (Lipinski definition) is 1. The van der Waals surface area contributed by atoms with Crippen LogP contribution in [0.3, 0.4) is 0 Å². The summed E-state index contributed by atoms with van der Waals surface area (Å²) in [7, 11) is -1.95. The summed E-state index contributed by atoms with van der Waals surface area (Å²) in [5, 5.41) is 3.13. The highest BCUT2D eigenvalue weighted by molar-refractivity contribution is 6.74. The number of rotatable bonds is 7. The SMILES string of the molecule is CC(C)(C)OC(=O)N[C@H](CO[Si](C)(C)C(C)(C)C)Cc1ccc(-n2cnc(C(C)(C)C)c2)cc1. The molecule has 1 heterocycles. The molecule has 6 nitrogen and oxygen atoms in total. The second-order valence-corrected chi connectivity index (χ2v) is 17.5. The third-order valence-electron chi connectivity index (χ3n) is 6.24. The molecule has 0 bridgehead atoms. The van der Waals surface area contributed by atoms with Crippen molar-refractivity contribution in [2.45, 2.75) is 104 Å². The zero-order valence-corrected chi connectivity index (χ0v) is 24.1. The quantitative estimate of drug-likeness (QED) is 0.445. The maximum absolute atomic E-state index is 12.5. The molecular formula is C27H45N3O3Si. The second-order valence-electron chi connectivity index (χ2n) is 12.7. The summed E-state index contributed by atoms with van der Waals surface area (Å²) in [6.07, 6.45) is 4.18. The Labute approximate surface area is 207 Å². The number of amides is 1. The molecule has 0 fully saturated rings. The largest absolute Gasteiger partial charge is 0.444 e. The van der Waals surface area contributed by atoms with E-state index in [1.54, 1.807) is 0 Å². The van der Waals surface area contributed by atoms with E-state index in [1.165, 1.54) is 0 Å². The van der Waals surface area contributed by atoms with Gasteiger partial charge >= 0.3 is 6.09 Å². The van der Waals surface area contributed by atoms with Gasteiger partial charge in [-0.05, 0) is 63.0 Å². The Hall–Kier alpha value is -2.12. The molecule has 0 spiro atoms. The molecule has 0 saturated carbocycles. The maximum Gasteiger partial charge on any atom is 0.407 e. The molecule has 1 atom stereocenters. The van der Waals surface area contributed by atoms with Crippen LogP contribution >= 0.6 is 0 Å². The van der Waals surface area contributed by atoms with Crippen molar-refractivity contribution in [1.82, 2.24) is 14.9 Å². The van der Waals surface area contributed by atoms with Crippen LogP contribution in [0.5, 0.6) is 0 Å². The predicted octanol–water partition coefficient (Wildman–Crippen LogP) is 6.63. The molecule has 2 rings (SSSR count). The van der Waals surface area contributed by atoms with Crippen LogP contribution in [0.25, 0.3) is 5.69 Å². The van der Waals surface area contributed by atoms with E-state index >= 15 is 0 Å². The van der Waals surface area contributed by atoms with Gasteiger partial charge in [-0.2, -0.15) is 0 Å². The van der Waals surface area contributed by atoms with Crippen LogP contribution in [-0.2, 0) is 21.0 Å². The number of nitrogens with zero attached hydrogens (tertiary/aromatic N) is 2. The third kappa shape index (κ3) is 8.27. The molecule has 0 aliphatic heterocycles. The fraction of sp³-hybridized carbons (Fsp3) is 0.630. The first-order valence-corrected chi connectivity index (χ1v) is 15.1. The van der Waals surface area contributed by atoms with Gasteiger partial charge in [-0.25, -0.2) is 9.78 Å². The van der Waals surface area contributed by atoms with E-state index in [0.29, 0.717) is 13.0 Å². The monoisotopic (exact) mass is 487 g/mol. The first kappa shape index (κ1) is 28.1. The van der Waals surface area contributed by atoms with Crippen LogP contribution in [0.1, 0.15) is 73.6 Å². The van der Waals surface area contributed by atoms with Crippen LogP contribution in [0.4, 0.5) is 4.79 Å². The van der Waals surface area contributed by atoms with E-state index in [4.69, 9.17) is 9.16 Å². The number of ether oxygens (including phenoxy) is 1. The molecular weight excluding hydrogens is 442 g/mol. The van der Waals surface area contributed by atoms with Crippen molar-refractivity contribution < 1.29 is 14.0 Å². The number of carbonyl (C=O) groups excluding carboxylic acids is 1. The first-order chi connectivity index (χ1) is 15.4. The molecule has 190 valence electrons. The fourth-order valence-corrected chi connectivity index (χ4v) is 4.14. The van der Waals surface area contributed by atoms with E-state index in [-0.39, 0.29) is 16.5 Å². The van der Waals surface area contributed by atoms with Crippen LogP contribution in [0.2, 0.25) is 18.1 Å². The Bertz CT molecular complexity index is 945. The molecule has 0 radical (unpaired) electrons. The highest BCUT2D eigenvalue weighted by Crippen LogP contribution is 2.36. The van der Waals surface area contributed by atoms with Gasteiger partial charge in [0.1, 0.15) is 5.60 Å². The van der Waals surface area contributed by atoms with Gasteiger partial charge in [0.25, 0.3) is 0 Å². The minimum atomic E-state index is -1.95. The minimum absolute atomic E-state index is 0.00981. The summed E-state index contributed by atoms with van der Waals surface area (Å²) in [5.41, 5.74) is 2.70. The zero-order valence-electron chi connectivity index (χ0n) is 23.1. The molecule has 34 heavy (non-hydrogen) atoms. The topological polar surface area (TPSA) is 65.4 Å². The van der Waals surface area contributed by atoms with E-state index in [2.05, 4.69) is 95.4 Å². The van der Waals surface area contributed by atoms with Crippen LogP contribution in [0, 0.1) is 0 Å². The van der Waals surface area contributed by atoms with Gasteiger partial charge in [-0.1, -0.05) is 53.7 Å². The lowest BCUT2D eigenvalue weighted by Crippen LogP contribution is -2.48. The highest BCUT2D eigenvalue weighted by atomic mass is 28.4. The molecule has 0 aliphatic carbocycles. The number of aromatic nitrogens is 2. The van der Waals surface area contributed by atoms with E-state index in [0.717, 1.165) is 16.9 Å². The average molecular weight is 488 g/mol. The smallest absolute Gasteiger partial charge is 0.407 e.